The first-order valence-electron chi connectivity index (χ1n) is 6.22. The van der Waals surface area contributed by atoms with E-state index in [9.17, 15) is 10.4 Å². The van der Waals surface area contributed by atoms with E-state index in [0.29, 0.717) is 0 Å². The smallest absolute Gasteiger partial charge is 0.159 e. The maximum Gasteiger partial charge on any atom is 0.159 e. The minimum atomic E-state index is -0.511. The lowest BCUT2D eigenvalue weighted by Crippen LogP contribution is -2.24. The summed E-state index contributed by atoms with van der Waals surface area (Å²) < 4.78 is 0. The fourth-order valence-corrected chi connectivity index (χ4v) is 3.02. The number of allylic oxidation sites excluding steroid dienone is 2. The highest BCUT2D eigenvalue weighted by Gasteiger charge is 2.35. The number of nitrogens with zero attached hydrogens (tertiary/aromatic N) is 1. The van der Waals surface area contributed by atoms with E-state index < -0.39 is 6.04 Å². The van der Waals surface area contributed by atoms with Crippen molar-refractivity contribution >= 4 is 16.8 Å². The fraction of sp³-hybridized carbons (Fsp3) is 0.0625. The molecule has 2 aromatic rings. The van der Waals surface area contributed by atoms with Crippen LogP contribution in [0.1, 0.15) is 22.7 Å². The zero-order chi connectivity index (χ0) is 13.0. The second-order valence-corrected chi connectivity index (χ2v) is 4.89. The first-order chi connectivity index (χ1) is 9.25. The van der Waals surface area contributed by atoms with E-state index >= 15 is 0 Å². The summed E-state index contributed by atoms with van der Waals surface area (Å²) in [6, 6.07) is 9.69. The second-order valence-electron chi connectivity index (χ2n) is 4.89. The minimum Gasteiger partial charge on any atom is -0.288 e. The number of rotatable bonds is 1. The Morgan fingerprint density at radius 2 is 1.95 bits per heavy atom. The van der Waals surface area contributed by atoms with Crippen molar-refractivity contribution in [3.63, 3.8) is 0 Å². The SMILES string of the molecule is ON(O)C1C=C[C+]2C=Cc3cccc4ccc1c2c34. The third-order valence-corrected chi connectivity index (χ3v) is 3.87. The summed E-state index contributed by atoms with van der Waals surface area (Å²) >= 11 is 0. The molecule has 2 aliphatic rings. The molecule has 19 heavy (non-hydrogen) atoms. The molecule has 3 heteroatoms. The van der Waals surface area contributed by atoms with Crippen LogP contribution >= 0.6 is 0 Å². The molecule has 0 saturated heterocycles. The molecule has 0 spiro atoms. The molecule has 3 nitrogen and oxygen atoms in total. The van der Waals surface area contributed by atoms with Crippen molar-refractivity contribution in [2.45, 2.75) is 6.04 Å². The molecule has 92 valence electrons. The van der Waals surface area contributed by atoms with Crippen LogP contribution in [0.3, 0.4) is 0 Å². The molecule has 0 saturated carbocycles. The third-order valence-electron chi connectivity index (χ3n) is 3.87. The topological polar surface area (TPSA) is 43.7 Å². The van der Waals surface area contributed by atoms with Crippen molar-refractivity contribution in [2.75, 3.05) is 0 Å². The highest BCUT2D eigenvalue weighted by Crippen LogP contribution is 2.43. The van der Waals surface area contributed by atoms with Gasteiger partial charge in [0.2, 0.25) is 0 Å². The molecular weight excluding hydrogens is 238 g/mol. The molecule has 1 unspecified atom stereocenters. The summed E-state index contributed by atoms with van der Waals surface area (Å²) in [6.07, 6.45) is 7.92. The Morgan fingerprint density at radius 1 is 1.05 bits per heavy atom. The Hall–Kier alpha value is -2.07. The highest BCUT2D eigenvalue weighted by atomic mass is 16.8. The average molecular weight is 250 g/mol. The third kappa shape index (κ3) is 1.40. The maximum absolute atomic E-state index is 9.38. The monoisotopic (exact) mass is 250 g/mol. The van der Waals surface area contributed by atoms with Crippen LogP contribution in [0, 0.1) is 5.92 Å². The molecule has 0 radical (unpaired) electrons. The van der Waals surface area contributed by atoms with Crippen LogP contribution in [0.5, 0.6) is 0 Å². The van der Waals surface area contributed by atoms with Gasteiger partial charge >= 0.3 is 0 Å². The van der Waals surface area contributed by atoms with E-state index in [1.807, 2.05) is 24.3 Å². The zero-order valence-electron chi connectivity index (χ0n) is 10.1. The van der Waals surface area contributed by atoms with E-state index in [2.05, 4.69) is 24.3 Å². The van der Waals surface area contributed by atoms with Crippen molar-refractivity contribution in [1.29, 1.82) is 0 Å². The quantitative estimate of drug-likeness (QED) is 0.601. The molecule has 0 heterocycles. The van der Waals surface area contributed by atoms with Crippen molar-refractivity contribution in [3.8, 4) is 0 Å². The van der Waals surface area contributed by atoms with Gasteiger partial charge in [0.05, 0.1) is 22.4 Å². The van der Waals surface area contributed by atoms with E-state index in [1.165, 1.54) is 16.3 Å². The summed E-state index contributed by atoms with van der Waals surface area (Å²) in [5.74, 6) is 1.12. The number of hydroxylamine groups is 2. The Labute approximate surface area is 110 Å². The second kappa shape index (κ2) is 3.71. The molecule has 0 fully saturated rings. The zero-order valence-corrected chi connectivity index (χ0v) is 10.1. The van der Waals surface area contributed by atoms with E-state index in [0.717, 1.165) is 17.0 Å². The van der Waals surface area contributed by atoms with Gasteiger partial charge in [0.25, 0.3) is 0 Å². The molecule has 2 N–H and O–H groups in total. The van der Waals surface area contributed by atoms with E-state index in [-0.39, 0.29) is 5.23 Å². The first kappa shape index (κ1) is 10.8. The van der Waals surface area contributed by atoms with Gasteiger partial charge in [-0.15, -0.1) is 0 Å². The van der Waals surface area contributed by atoms with Crippen LogP contribution in [0.15, 0.2) is 48.6 Å². The van der Waals surface area contributed by atoms with Gasteiger partial charge in [0.15, 0.2) is 6.04 Å². The van der Waals surface area contributed by atoms with Crippen molar-refractivity contribution in [2.24, 2.45) is 0 Å². The summed E-state index contributed by atoms with van der Waals surface area (Å²) in [5, 5.41) is 21.4. The normalized spacial score (nSPS) is 19.5. The van der Waals surface area contributed by atoms with Gasteiger partial charge in [0.1, 0.15) is 0 Å². The molecule has 0 aliphatic heterocycles. The highest BCUT2D eigenvalue weighted by molar-refractivity contribution is 5.99. The van der Waals surface area contributed by atoms with Gasteiger partial charge in [-0.05, 0) is 29.5 Å². The summed E-state index contributed by atoms with van der Waals surface area (Å²) in [4.78, 5) is 0. The van der Waals surface area contributed by atoms with Crippen LogP contribution in [0.4, 0.5) is 0 Å². The van der Waals surface area contributed by atoms with Crippen molar-refractivity contribution < 1.29 is 10.4 Å². The summed E-state index contributed by atoms with van der Waals surface area (Å²) in [7, 11) is 0. The van der Waals surface area contributed by atoms with E-state index in [1.54, 1.807) is 6.08 Å². The molecule has 0 amide bonds. The number of benzene rings is 2. The fourth-order valence-electron chi connectivity index (χ4n) is 3.02. The predicted octanol–water partition coefficient (Wildman–Crippen LogP) is 3.48. The van der Waals surface area contributed by atoms with Crippen LogP contribution in [0.25, 0.3) is 16.8 Å². The van der Waals surface area contributed by atoms with Gasteiger partial charge in [-0.25, -0.2) is 0 Å². The van der Waals surface area contributed by atoms with Crippen LogP contribution in [-0.2, 0) is 0 Å². The average Bonchev–Trinajstić information content (AvgIpc) is 2.44. The van der Waals surface area contributed by atoms with Gasteiger partial charge in [-0.3, -0.25) is 10.4 Å². The van der Waals surface area contributed by atoms with Crippen molar-refractivity contribution in [3.05, 3.63) is 71.2 Å². The van der Waals surface area contributed by atoms with Gasteiger partial charge in [-0.2, -0.15) is 0 Å². The van der Waals surface area contributed by atoms with Crippen LogP contribution < -0.4 is 0 Å². The molecule has 4 rings (SSSR count). The summed E-state index contributed by atoms with van der Waals surface area (Å²) in [5.41, 5.74) is 3.21. The lowest BCUT2D eigenvalue weighted by Gasteiger charge is -2.24. The molecule has 0 aromatic heterocycles. The lowest BCUT2D eigenvalue weighted by atomic mass is 9.78. The van der Waals surface area contributed by atoms with Gasteiger partial charge in [0, 0.05) is 35.3 Å². The molecule has 2 aliphatic carbocycles. The maximum atomic E-state index is 9.38. The number of hydrogen-bond donors (Lipinski definition) is 2. The predicted molar refractivity (Wildman–Crippen MR) is 72.6 cm³/mol. The molecule has 1 atom stereocenters. The molecule has 0 bridgehead atoms. The Balaban J connectivity index is 2.10. The van der Waals surface area contributed by atoms with Gasteiger partial charge < -0.3 is 0 Å². The van der Waals surface area contributed by atoms with Crippen LogP contribution in [-0.4, -0.2) is 15.6 Å². The molecule has 2 aromatic carbocycles. The first-order valence-corrected chi connectivity index (χ1v) is 6.22. The Bertz CT molecular complexity index is 731. The van der Waals surface area contributed by atoms with Crippen LogP contribution in [0.2, 0.25) is 0 Å². The standard InChI is InChI=1S/C16H12NO2/c18-17(19)14-9-7-12-5-4-10-2-1-3-11-6-8-13(14)16(12)15(10)11/h1-9,14,18-19H/q+1. The Kier molecular flexibility index (Phi) is 2.11. The van der Waals surface area contributed by atoms with Crippen molar-refractivity contribution in [1.82, 2.24) is 5.23 Å². The Morgan fingerprint density at radius 3 is 2.79 bits per heavy atom. The van der Waals surface area contributed by atoms with Gasteiger partial charge in [-0.1, -0.05) is 6.07 Å². The molecular formula is C16H12NO2+. The lowest BCUT2D eigenvalue weighted by molar-refractivity contribution is -0.325. The number of hydrogen-bond acceptors (Lipinski definition) is 3. The summed E-state index contributed by atoms with van der Waals surface area (Å²) in [6.45, 7) is 0. The van der Waals surface area contributed by atoms with E-state index in [4.69, 9.17) is 0 Å². The largest absolute Gasteiger partial charge is 0.288 e. The minimum absolute atomic E-state index is 0.270.